The Balaban J connectivity index is 0.00000117. The van der Waals surface area contributed by atoms with Crippen LogP contribution in [0.3, 0.4) is 0 Å². The van der Waals surface area contributed by atoms with E-state index in [0.29, 0.717) is 25.6 Å². The van der Waals surface area contributed by atoms with E-state index in [4.69, 9.17) is 4.74 Å². The Kier molecular flexibility index (Phi) is 8.33. The van der Waals surface area contributed by atoms with Crippen molar-refractivity contribution in [3.05, 3.63) is 35.4 Å². The van der Waals surface area contributed by atoms with Crippen molar-refractivity contribution in [1.29, 1.82) is 0 Å². The van der Waals surface area contributed by atoms with Crippen molar-refractivity contribution in [1.82, 2.24) is 10.6 Å². The zero-order valence-electron chi connectivity index (χ0n) is 15.6. The molecule has 2 aliphatic rings. The second-order valence-electron chi connectivity index (χ2n) is 6.19. The number of amides is 2. The smallest absolute Gasteiger partial charge is 0.234 e. The van der Waals surface area contributed by atoms with Gasteiger partial charge < -0.3 is 10.1 Å². The van der Waals surface area contributed by atoms with Crippen molar-refractivity contribution in [2.45, 2.75) is 51.6 Å². The number of hydrogen-bond donors (Lipinski definition) is 2. The SMILES string of the molecule is CC.O=C1CCC(c2cccc(C#CCOC3CCNCC3)c2)C(=O)N1. The van der Waals surface area contributed by atoms with E-state index in [0.717, 1.165) is 37.1 Å². The second-order valence-corrected chi connectivity index (χ2v) is 6.19. The third-order valence-corrected chi connectivity index (χ3v) is 4.44. The van der Waals surface area contributed by atoms with Crippen molar-refractivity contribution < 1.29 is 14.3 Å². The molecule has 0 aliphatic carbocycles. The zero-order valence-corrected chi connectivity index (χ0v) is 15.6. The average molecular weight is 356 g/mol. The minimum absolute atomic E-state index is 0.192. The molecule has 2 fully saturated rings. The molecule has 1 unspecified atom stereocenters. The molecule has 1 aromatic carbocycles. The molecule has 2 amide bonds. The van der Waals surface area contributed by atoms with E-state index in [2.05, 4.69) is 22.5 Å². The molecular formula is C21H28N2O3. The summed E-state index contributed by atoms with van der Waals surface area (Å²) in [5, 5.41) is 5.70. The van der Waals surface area contributed by atoms with Crippen molar-refractivity contribution >= 4 is 11.8 Å². The molecule has 2 saturated heterocycles. The Hall–Kier alpha value is -2.16. The number of ether oxygens (including phenoxy) is 1. The highest BCUT2D eigenvalue weighted by Crippen LogP contribution is 2.25. The van der Waals surface area contributed by atoms with Crippen LogP contribution in [0.5, 0.6) is 0 Å². The summed E-state index contributed by atoms with van der Waals surface area (Å²) in [5.41, 5.74) is 1.78. The third-order valence-electron chi connectivity index (χ3n) is 4.44. The highest BCUT2D eigenvalue weighted by Gasteiger charge is 2.27. The first-order chi connectivity index (χ1) is 12.7. The fraction of sp³-hybridized carbons (Fsp3) is 0.524. The second kappa shape index (κ2) is 10.7. The highest BCUT2D eigenvalue weighted by atomic mass is 16.5. The first-order valence-corrected chi connectivity index (χ1v) is 9.47. The molecule has 2 N–H and O–H groups in total. The number of carbonyl (C=O) groups is 2. The molecule has 0 spiro atoms. The number of nitrogens with one attached hydrogen (secondary N) is 2. The van der Waals surface area contributed by atoms with E-state index >= 15 is 0 Å². The lowest BCUT2D eigenvalue weighted by Gasteiger charge is -2.21. The molecule has 26 heavy (non-hydrogen) atoms. The lowest BCUT2D eigenvalue weighted by molar-refractivity contribution is -0.134. The average Bonchev–Trinajstić information content (AvgIpc) is 2.68. The van der Waals surface area contributed by atoms with Gasteiger partial charge in [0, 0.05) is 12.0 Å². The van der Waals surface area contributed by atoms with Gasteiger partial charge in [0.2, 0.25) is 11.8 Å². The van der Waals surface area contributed by atoms with Gasteiger partial charge in [0.05, 0.1) is 12.0 Å². The Labute approximate surface area is 155 Å². The minimum Gasteiger partial charge on any atom is -0.365 e. The van der Waals surface area contributed by atoms with E-state index in [-0.39, 0.29) is 17.7 Å². The topological polar surface area (TPSA) is 67.4 Å². The van der Waals surface area contributed by atoms with Crippen LogP contribution in [0.15, 0.2) is 24.3 Å². The normalized spacial score (nSPS) is 20.3. The van der Waals surface area contributed by atoms with Gasteiger partial charge in [-0.2, -0.15) is 0 Å². The van der Waals surface area contributed by atoms with Crippen LogP contribution in [-0.2, 0) is 14.3 Å². The van der Waals surface area contributed by atoms with Gasteiger partial charge in [-0.15, -0.1) is 0 Å². The molecule has 1 atom stereocenters. The summed E-state index contributed by atoms with van der Waals surface area (Å²) in [6, 6.07) is 7.66. The molecule has 0 bridgehead atoms. The molecule has 1 aromatic rings. The number of carbonyl (C=O) groups excluding carboxylic acids is 2. The molecule has 140 valence electrons. The first kappa shape index (κ1) is 20.2. The van der Waals surface area contributed by atoms with Crippen molar-refractivity contribution in [2.24, 2.45) is 0 Å². The molecule has 2 aliphatic heterocycles. The fourth-order valence-electron chi connectivity index (χ4n) is 3.10. The van der Waals surface area contributed by atoms with Crippen LogP contribution in [-0.4, -0.2) is 37.6 Å². The summed E-state index contributed by atoms with van der Waals surface area (Å²) in [5.74, 6) is 5.47. The fourth-order valence-corrected chi connectivity index (χ4v) is 3.10. The number of benzene rings is 1. The molecule has 3 rings (SSSR count). The summed E-state index contributed by atoms with van der Waals surface area (Å²) in [6.07, 6.45) is 3.31. The van der Waals surface area contributed by atoms with Crippen molar-refractivity contribution in [3.8, 4) is 11.8 Å². The summed E-state index contributed by atoms with van der Waals surface area (Å²) >= 11 is 0. The van der Waals surface area contributed by atoms with Crippen LogP contribution in [0.2, 0.25) is 0 Å². The number of rotatable bonds is 3. The molecule has 0 radical (unpaired) electrons. The lowest BCUT2D eigenvalue weighted by Crippen LogP contribution is -2.39. The van der Waals surface area contributed by atoms with Gasteiger partial charge in [-0.25, -0.2) is 0 Å². The van der Waals surface area contributed by atoms with E-state index in [1.54, 1.807) is 0 Å². The third kappa shape index (κ3) is 5.98. The largest absolute Gasteiger partial charge is 0.365 e. The van der Waals surface area contributed by atoms with E-state index in [9.17, 15) is 9.59 Å². The highest BCUT2D eigenvalue weighted by molar-refractivity contribution is 6.00. The van der Waals surface area contributed by atoms with Crippen LogP contribution in [0.25, 0.3) is 0 Å². The number of piperidine rings is 2. The standard InChI is InChI=1S/C19H22N2O3.C2H6/c22-18-7-6-17(19(23)21-18)15-5-1-3-14(13-15)4-2-12-24-16-8-10-20-11-9-16;1-2/h1,3,5,13,16-17,20H,6-12H2,(H,21,22,23);1-2H3. The quantitative estimate of drug-likeness (QED) is 0.644. The first-order valence-electron chi connectivity index (χ1n) is 9.47. The van der Waals surface area contributed by atoms with Gasteiger partial charge in [-0.3, -0.25) is 14.9 Å². The van der Waals surface area contributed by atoms with E-state index in [1.807, 2.05) is 38.1 Å². The molecule has 5 nitrogen and oxygen atoms in total. The van der Waals surface area contributed by atoms with Crippen LogP contribution < -0.4 is 10.6 Å². The van der Waals surface area contributed by atoms with E-state index < -0.39 is 0 Å². The maximum atomic E-state index is 12.0. The maximum Gasteiger partial charge on any atom is 0.234 e. The van der Waals surface area contributed by atoms with Gasteiger partial charge in [0.1, 0.15) is 6.61 Å². The van der Waals surface area contributed by atoms with Crippen LogP contribution in [0.4, 0.5) is 0 Å². The van der Waals surface area contributed by atoms with Gasteiger partial charge in [-0.1, -0.05) is 37.8 Å². The molecule has 0 saturated carbocycles. The predicted octanol–water partition coefficient (Wildman–Crippen LogP) is 2.35. The predicted molar refractivity (Wildman–Crippen MR) is 102 cm³/mol. The van der Waals surface area contributed by atoms with Crippen molar-refractivity contribution in [3.63, 3.8) is 0 Å². The van der Waals surface area contributed by atoms with Gasteiger partial charge >= 0.3 is 0 Å². The summed E-state index contributed by atoms with van der Waals surface area (Å²) < 4.78 is 5.76. The van der Waals surface area contributed by atoms with Crippen molar-refractivity contribution in [2.75, 3.05) is 19.7 Å². The number of imide groups is 1. The molecular weight excluding hydrogens is 328 g/mol. The summed E-state index contributed by atoms with van der Waals surface area (Å²) in [6.45, 7) is 6.44. The summed E-state index contributed by atoms with van der Waals surface area (Å²) in [4.78, 5) is 23.2. The van der Waals surface area contributed by atoms with Crippen LogP contribution in [0, 0.1) is 11.8 Å². The monoisotopic (exact) mass is 356 g/mol. The molecule has 2 heterocycles. The summed E-state index contributed by atoms with van der Waals surface area (Å²) in [7, 11) is 0. The molecule has 0 aromatic heterocycles. The Bertz CT molecular complexity index is 669. The van der Waals surface area contributed by atoms with Gasteiger partial charge in [0.15, 0.2) is 0 Å². The lowest BCUT2D eigenvalue weighted by atomic mass is 9.90. The van der Waals surface area contributed by atoms with E-state index in [1.165, 1.54) is 0 Å². The maximum absolute atomic E-state index is 12.0. The Morgan fingerprint density at radius 2 is 1.92 bits per heavy atom. The Morgan fingerprint density at radius 3 is 2.65 bits per heavy atom. The van der Waals surface area contributed by atoms with Gasteiger partial charge in [0.25, 0.3) is 0 Å². The number of hydrogen-bond acceptors (Lipinski definition) is 4. The molecule has 5 heteroatoms. The van der Waals surface area contributed by atoms with Crippen LogP contribution in [0.1, 0.15) is 56.6 Å². The Morgan fingerprint density at radius 1 is 1.15 bits per heavy atom. The zero-order chi connectivity index (χ0) is 18.8. The minimum atomic E-state index is -0.268. The van der Waals surface area contributed by atoms with Gasteiger partial charge in [-0.05, 0) is 50.0 Å². The van der Waals surface area contributed by atoms with Crippen LogP contribution >= 0.6 is 0 Å².